The van der Waals surface area contributed by atoms with Crippen LogP contribution in [0.3, 0.4) is 0 Å². The number of nitrogens with two attached hydrogens (primary N) is 1. The number of alkyl halides is 3. The van der Waals surface area contributed by atoms with Crippen LogP contribution >= 0.6 is 0 Å². The molecule has 0 radical (unpaired) electrons. The van der Waals surface area contributed by atoms with Gasteiger partial charge in [0.2, 0.25) is 11.8 Å². The molecule has 1 aromatic carbocycles. The van der Waals surface area contributed by atoms with E-state index in [1.165, 1.54) is 6.20 Å². The van der Waals surface area contributed by atoms with E-state index in [1.807, 2.05) is 0 Å². The summed E-state index contributed by atoms with van der Waals surface area (Å²) in [5.41, 5.74) is 4.98. The highest BCUT2D eigenvalue weighted by Gasteiger charge is 2.67. The number of benzene rings is 1. The van der Waals surface area contributed by atoms with E-state index in [0.717, 1.165) is 5.56 Å². The third-order valence-electron chi connectivity index (χ3n) is 6.13. The number of nitrogens with one attached hydrogen (secondary N) is 2. The molecule has 0 saturated heterocycles. The summed E-state index contributed by atoms with van der Waals surface area (Å²) < 4.78 is 41.3. The summed E-state index contributed by atoms with van der Waals surface area (Å²) in [7, 11) is 1.74. The van der Waals surface area contributed by atoms with E-state index in [2.05, 4.69) is 15.6 Å². The molecule has 3 rings (SSSR count). The van der Waals surface area contributed by atoms with Crippen molar-refractivity contribution in [1.82, 2.24) is 15.6 Å². The molecule has 0 aliphatic heterocycles. The topological polar surface area (TPSA) is 97.1 Å². The van der Waals surface area contributed by atoms with Crippen molar-refractivity contribution in [2.75, 3.05) is 13.6 Å². The molecule has 1 heterocycles. The maximum atomic E-state index is 13.8. The first-order valence-electron chi connectivity index (χ1n) is 10.5. The van der Waals surface area contributed by atoms with Crippen LogP contribution < -0.4 is 16.4 Å². The predicted molar refractivity (Wildman–Crippen MR) is 114 cm³/mol. The lowest BCUT2D eigenvalue weighted by Crippen LogP contribution is -2.42. The van der Waals surface area contributed by atoms with E-state index in [-0.39, 0.29) is 37.5 Å². The van der Waals surface area contributed by atoms with Gasteiger partial charge < -0.3 is 16.4 Å². The minimum atomic E-state index is -4.39. The van der Waals surface area contributed by atoms with Crippen LogP contribution in [0.4, 0.5) is 13.2 Å². The van der Waals surface area contributed by atoms with Crippen LogP contribution in [-0.2, 0) is 11.2 Å². The van der Waals surface area contributed by atoms with E-state index < -0.39 is 29.3 Å². The molecule has 2 atom stereocenters. The first kappa shape index (κ1) is 23.7. The fraction of sp³-hybridized carbons (Fsp3) is 0.435. The van der Waals surface area contributed by atoms with E-state index in [4.69, 9.17) is 5.73 Å². The second kappa shape index (κ2) is 9.68. The number of rotatable bonds is 10. The number of pyridine rings is 1. The molecule has 1 fully saturated rings. The van der Waals surface area contributed by atoms with Crippen molar-refractivity contribution in [1.29, 1.82) is 0 Å². The Bertz CT molecular complexity index is 929. The number of likely N-dealkylation sites (N-methyl/N-ethyl adjacent to an activating group) is 1. The Balaban J connectivity index is 1.62. The van der Waals surface area contributed by atoms with Gasteiger partial charge in [-0.3, -0.25) is 14.6 Å². The Morgan fingerprint density at radius 1 is 1.16 bits per heavy atom. The van der Waals surface area contributed by atoms with Gasteiger partial charge in [-0.1, -0.05) is 18.2 Å². The average Bonchev–Trinajstić information content (AvgIpc) is 3.58. The van der Waals surface area contributed by atoms with Crippen LogP contribution in [0.15, 0.2) is 48.7 Å². The van der Waals surface area contributed by atoms with Gasteiger partial charge in [0.15, 0.2) is 0 Å². The lowest BCUT2D eigenvalue weighted by atomic mass is 9.82. The summed E-state index contributed by atoms with van der Waals surface area (Å²) in [6.45, 7) is 0.251. The Kier molecular flexibility index (Phi) is 7.18. The summed E-state index contributed by atoms with van der Waals surface area (Å²) in [4.78, 5) is 27.9. The highest BCUT2D eigenvalue weighted by Crippen LogP contribution is 2.65. The van der Waals surface area contributed by atoms with Crippen LogP contribution in [0, 0.1) is 5.41 Å². The molecule has 0 unspecified atom stereocenters. The Morgan fingerprint density at radius 3 is 2.34 bits per heavy atom. The molecular formula is C23H27F3N4O2. The fourth-order valence-electron chi connectivity index (χ4n) is 3.99. The van der Waals surface area contributed by atoms with Crippen molar-refractivity contribution in [3.63, 3.8) is 0 Å². The van der Waals surface area contributed by atoms with Gasteiger partial charge in [0.05, 0.1) is 5.41 Å². The molecule has 2 aromatic rings. The molecule has 32 heavy (non-hydrogen) atoms. The summed E-state index contributed by atoms with van der Waals surface area (Å²) >= 11 is 0. The molecule has 172 valence electrons. The molecule has 4 N–H and O–H groups in total. The first-order chi connectivity index (χ1) is 15.2. The lowest BCUT2D eigenvalue weighted by Gasteiger charge is -2.28. The van der Waals surface area contributed by atoms with Crippen LogP contribution in [0.25, 0.3) is 0 Å². The van der Waals surface area contributed by atoms with Gasteiger partial charge >= 0.3 is 6.18 Å². The number of primary amides is 1. The Hall–Kier alpha value is -2.94. The number of carbonyl (C=O) groups excluding carboxylic acids is 2. The van der Waals surface area contributed by atoms with Gasteiger partial charge in [0.1, 0.15) is 0 Å². The van der Waals surface area contributed by atoms with Gasteiger partial charge in [-0.25, -0.2) is 0 Å². The molecule has 6 nitrogen and oxygen atoms in total. The number of halogens is 3. The summed E-state index contributed by atoms with van der Waals surface area (Å²) in [5.74, 6) is -1.97. The minimum absolute atomic E-state index is 0.00542. The lowest BCUT2D eigenvalue weighted by molar-refractivity contribution is -0.195. The van der Waals surface area contributed by atoms with Gasteiger partial charge in [-0.2, -0.15) is 13.2 Å². The molecule has 1 aliphatic rings. The minimum Gasteiger partial charge on any atom is -0.366 e. The van der Waals surface area contributed by atoms with Crippen LogP contribution in [0.1, 0.15) is 46.8 Å². The maximum absolute atomic E-state index is 13.8. The smallest absolute Gasteiger partial charge is 0.366 e. The van der Waals surface area contributed by atoms with Crippen LogP contribution in [0.5, 0.6) is 0 Å². The zero-order valence-electron chi connectivity index (χ0n) is 17.8. The predicted octanol–water partition coefficient (Wildman–Crippen LogP) is 2.94. The molecule has 2 amide bonds. The Labute approximate surface area is 184 Å². The molecule has 9 heteroatoms. The van der Waals surface area contributed by atoms with Gasteiger partial charge in [0, 0.05) is 42.4 Å². The molecule has 1 aromatic heterocycles. The Morgan fingerprint density at radius 2 is 1.84 bits per heavy atom. The van der Waals surface area contributed by atoms with Crippen molar-refractivity contribution >= 4 is 11.8 Å². The number of hydrogen-bond acceptors (Lipinski definition) is 4. The van der Waals surface area contributed by atoms with Crippen molar-refractivity contribution in [3.8, 4) is 0 Å². The molecule has 1 aliphatic carbocycles. The first-order valence-corrected chi connectivity index (χ1v) is 10.5. The fourth-order valence-corrected chi connectivity index (χ4v) is 3.99. The zero-order valence-corrected chi connectivity index (χ0v) is 17.8. The quantitative estimate of drug-likeness (QED) is 0.521. The van der Waals surface area contributed by atoms with E-state index in [9.17, 15) is 22.8 Å². The molecular weight excluding hydrogens is 421 g/mol. The standard InChI is InChI=1S/C23H27F3N4O2/c1-28-17(12-15-5-7-16(8-6-15)21(27)32)14-30-20(31)13-18(19-4-2-3-11-29-19)22(9-10-22)23(24,25)26/h2-8,11,17-18,28H,9-10,12-14H2,1H3,(H2,27,32)(H,30,31)/t17-,18+/m0/s1. The average molecular weight is 448 g/mol. The van der Waals surface area contributed by atoms with Crippen LogP contribution in [-0.4, -0.2) is 42.6 Å². The van der Waals surface area contributed by atoms with Gasteiger partial charge in [-0.05, 0) is 56.1 Å². The third kappa shape index (κ3) is 5.45. The van der Waals surface area contributed by atoms with Crippen molar-refractivity contribution < 1.29 is 22.8 Å². The SMILES string of the molecule is CN[C@H](CNC(=O)C[C@H](c1ccccn1)C1(C(F)(F)F)CC1)Cc1ccc(C(N)=O)cc1. The number of hydrogen-bond donors (Lipinski definition) is 3. The largest absolute Gasteiger partial charge is 0.395 e. The van der Waals surface area contributed by atoms with E-state index in [1.54, 1.807) is 49.5 Å². The van der Waals surface area contributed by atoms with Gasteiger partial charge in [-0.15, -0.1) is 0 Å². The summed E-state index contributed by atoms with van der Waals surface area (Å²) in [6, 6.07) is 11.5. The number of amides is 2. The van der Waals surface area contributed by atoms with Crippen LogP contribution in [0.2, 0.25) is 0 Å². The third-order valence-corrected chi connectivity index (χ3v) is 6.13. The molecule has 0 spiro atoms. The molecule has 0 bridgehead atoms. The van der Waals surface area contributed by atoms with Crippen molar-refractivity contribution in [3.05, 3.63) is 65.5 Å². The maximum Gasteiger partial charge on any atom is 0.395 e. The number of nitrogens with zero attached hydrogens (tertiary/aromatic N) is 1. The number of aromatic nitrogens is 1. The highest BCUT2D eigenvalue weighted by atomic mass is 19.4. The van der Waals surface area contributed by atoms with Gasteiger partial charge in [0.25, 0.3) is 0 Å². The normalized spacial score (nSPS) is 16.8. The van der Waals surface area contributed by atoms with E-state index in [0.29, 0.717) is 12.0 Å². The highest BCUT2D eigenvalue weighted by molar-refractivity contribution is 5.92. The zero-order chi connectivity index (χ0) is 23.4. The second-order valence-electron chi connectivity index (χ2n) is 8.22. The second-order valence-corrected chi connectivity index (χ2v) is 8.22. The number of carbonyl (C=O) groups is 2. The monoisotopic (exact) mass is 448 g/mol. The molecule has 1 saturated carbocycles. The van der Waals surface area contributed by atoms with E-state index >= 15 is 0 Å². The van der Waals surface area contributed by atoms with Crippen molar-refractivity contribution in [2.45, 2.75) is 43.8 Å². The summed E-state index contributed by atoms with van der Waals surface area (Å²) in [5, 5.41) is 5.86. The van der Waals surface area contributed by atoms with Crippen molar-refractivity contribution in [2.24, 2.45) is 11.1 Å². The summed E-state index contributed by atoms with van der Waals surface area (Å²) in [6.07, 6.45) is -2.64.